The van der Waals surface area contributed by atoms with Gasteiger partial charge in [0.25, 0.3) is 5.91 Å². The van der Waals surface area contributed by atoms with Gasteiger partial charge in [0.2, 0.25) is 5.91 Å². The van der Waals surface area contributed by atoms with E-state index >= 15 is 0 Å². The van der Waals surface area contributed by atoms with E-state index in [1.807, 2.05) is 13.8 Å². The molecule has 2 N–H and O–H groups in total. The minimum Gasteiger partial charge on any atom is -0.490 e. The van der Waals surface area contributed by atoms with Crippen molar-refractivity contribution in [2.75, 3.05) is 25.1 Å². The number of amides is 4. The van der Waals surface area contributed by atoms with Gasteiger partial charge >= 0.3 is 6.03 Å². The Bertz CT molecular complexity index is 765. The highest BCUT2D eigenvalue weighted by Crippen LogP contribution is 2.31. The molecule has 1 aromatic carbocycles. The molecule has 0 spiro atoms. The van der Waals surface area contributed by atoms with Crippen LogP contribution in [0.3, 0.4) is 0 Å². The monoisotopic (exact) mass is 405 g/mol. The lowest BCUT2D eigenvalue weighted by atomic mass is 9.92. The van der Waals surface area contributed by atoms with Crippen LogP contribution in [0.2, 0.25) is 0 Å². The number of anilines is 1. The van der Waals surface area contributed by atoms with Crippen LogP contribution in [0, 0.1) is 5.92 Å². The first-order valence-corrected chi connectivity index (χ1v) is 10.0. The Balaban J connectivity index is 2.04. The van der Waals surface area contributed by atoms with Crippen molar-refractivity contribution in [1.29, 1.82) is 0 Å². The minimum atomic E-state index is -0.969. The Morgan fingerprint density at radius 3 is 2.45 bits per heavy atom. The Kier molecular flexibility index (Phi) is 7.47. The number of benzene rings is 1. The van der Waals surface area contributed by atoms with Gasteiger partial charge in [-0.15, -0.1) is 0 Å². The van der Waals surface area contributed by atoms with Crippen LogP contribution in [-0.2, 0) is 9.59 Å². The maximum atomic E-state index is 12.7. The predicted molar refractivity (Wildman–Crippen MR) is 110 cm³/mol. The van der Waals surface area contributed by atoms with Crippen molar-refractivity contribution >= 4 is 23.5 Å². The van der Waals surface area contributed by atoms with Gasteiger partial charge in [-0.3, -0.25) is 14.5 Å². The van der Waals surface area contributed by atoms with Gasteiger partial charge in [0, 0.05) is 11.8 Å². The number of ether oxygens (including phenoxy) is 2. The van der Waals surface area contributed by atoms with Gasteiger partial charge in [-0.05, 0) is 51.7 Å². The van der Waals surface area contributed by atoms with Crippen molar-refractivity contribution in [1.82, 2.24) is 10.2 Å². The summed E-state index contributed by atoms with van der Waals surface area (Å²) in [5.74, 6) is 0.673. The van der Waals surface area contributed by atoms with Gasteiger partial charge in [-0.25, -0.2) is 4.79 Å². The van der Waals surface area contributed by atoms with Gasteiger partial charge in [0.1, 0.15) is 12.1 Å². The summed E-state index contributed by atoms with van der Waals surface area (Å²) in [6, 6.07) is 4.51. The van der Waals surface area contributed by atoms with E-state index in [-0.39, 0.29) is 12.5 Å². The van der Waals surface area contributed by atoms with E-state index in [2.05, 4.69) is 24.5 Å². The normalized spacial score (nSPS) is 18.8. The summed E-state index contributed by atoms with van der Waals surface area (Å²) in [4.78, 5) is 38.4. The second-order valence-corrected chi connectivity index (χ2v) is 7.66. The number of rotatable bonds is 10. The van der Waals surface area contributed by atoms with Crippen LogP contribution < -0.4 is 20.1 Å². The van der Waals surface area contributed by atoms with E-state index in [9.17, 15) is 14.4 Å². The molecule has 1 aliphatic rings. The Morgan fingerprint density at radius 1 is 1.17 bits per heavy atom. The number of imide groups is 1. The summed E-state index contributed by atoms with van der Waals surface area (Å²) < 4.78 is 11.1. The fourth-order valence-electron chi connectivity index (χ4n) is 3.11. The number of urea groups is 1. The van der Waals surface area contributed by atoms with Crippen molar-refractivity contribution in [2.24, 2.45) is 5.92 Å². The van der Waals surface area contributed by atoms with Crippen molar-refractivity contribution in [3.63, 3.8) is 0 Å². The molecule has 0 unspecified atom stereocenters. The lowest BCUT2D eigenvalue weighted by Crippen LogP contribution is -2.44. The second kappa shape index (κ2) is 9.62. The molecule has 8 nitrogen and oxygen atoms in total. The smallest absolute Gasteiger partial charge is 0.325 e. The van der Waals surface area contributed by atoms with Gasteiger partial charge < -0.3 is 20.1 Å². The third-order valence-corrected chi connectivity index (χ3v) is 4.70. The molecule has 2 rings (SSSR count). The van der Waals surface area contributed by atoms with Crippen LogP contribution in [0.4, 0.5) is 10.5 Å². The maximum absolute atomic E-state index is 12.7. The van der Waals surface area contributed by atoms with Crippen molar-refractivity contribution in [3.05, 3.63) is 18.2 Å². The molecule has 29 heavy (non-hydrogen) atoms. The van der Waals surface area contributed by atoms with Gasteiger partial charge in [-0.2, -0.15) is 0 Å². The van der Waals surface area contributed by atoms with Crippen molar-refractivity contribution < 1.29 is 23.9 Å². The molecule has 1 aliphatic heterocycles. The summed E-state index contributed by atoms with van der Waals surface area (Å²) in [7, 11) is 0. The topological polar surface area (TPSA) is 97.0 Å². The first-order valence-electron chi connectivity index (χ1n) is 10.0. The highest BCUT2D eigenvalue weighted by Gasteiger charge is 2.47. The SMILES string of the molecule is CCOc1ccc(NC(=O)CN2C(=O)N[C@@](C)(CCC(C)C)C2=O)cc1OCC. The van der Waals surface area contributed by atoms with Crippen LogP contribution in [0.15, 0.2) is 18.2 Å². The zero-order chi connectivity index (χ0) is 21.6. The van der Waals surface area contributed by atoms with E-state index in [4.69, 9.17) is 9.47 Å². The fraction of sp³-hybridized carbons (Fsp3) is 0.571. The Labute approximate surface area is 171 Å². The summed E-state index contributed by atoms with van der Waals surface area (Å²) in [6.07, 6.45) is 1.33. The molecule has 0 saturated carbocycles. The maximum Gasteiger partial charge on any atom is 0.325 e. The zero-order valence-electron chi connectivity index (χ0n) is 17.8. The predicted octanol–water partition coefficient (Wildman–Crippen LogP) is 3.17. The molecule has 0 bridgehead atoms. The Hall–Kier alpha value is -2.77. The third kappa shape index (κ3) is 5.62. The molecule has 0 aromatic heterocycles. The highest BCUT2D eigenvalue weighted by molar-refractivity contribution is 6.09. The molecule has 1 aromatic rings. The molecule has 0 radical (unpaired) electrons. The molecular formula is C21H31N3O5. The number of carbonyl (C=O) groups excluding carboxylic acids is 3. The zero-order valence-corrected chi connectivity index (χ0v) is 17.8. The van der Waals surface area contributed by atoms with Crippen molar-refractivity contribution in [2.45, 2.75) is 53.0 Å². The standard InChI is InChI=1S/C21H31N3O5/c1-6-28-16-9-8-15(12-17(16)29-7-2)22-18(25)13-24-19(26)21(5,23-20(24)27)11-10-14(3)4/h8-9,12,14H,6-7,10-11,13H2,1-5H3,(H,22,25)(H,23,27)/t21-/m0/s1. The molecule has 1 atom stereocenters. The summed E-state index contributed by atoms with van der Waals surface area (Å²) >= 11 is 0. The number of nitrogens with one attached hydrogen (secondary N) is 2. The number of hydrogen-bond acceptors (Lipinski definition) is 5. The van der Waals surface area contributed by atoms with Crippen LogP contribution in [0.25, 0.3) is 0 Å². The van der Waals surface area contributed by atoms with Gasteiger partial charge in [0.05, 0.1) is 13.2 Å². The molecular weight excluding hydrogens is 374 g/mol. The first-order chi connectivity index (χ1) is 13.7. The minimum absolute atomic E-state index is 0.348. The van der Waals surface area contributed by atoms with E-state index in [0.717, 1.165) is 11.3 Å². The van der Waals surface area contributed by atoms with E-state index < -0.39 is 17.5 Å². The first kappa shape index (κ1) is 22.5. The molecule has 1 fully saturated rings. The summed E-state index contributed by atoms with van der Waals surface area (Å²) in [5.41, 5.74) is -0.473. The number of carbonyl (C=O) groups is 3. The van der Waals surface area contributed by atoms with Crippen LogP contribution in [0.5, 0.6) is 11.5 Å². The third-order valence-electron chi connectivity index (χ3n) is 4.70. The largest absolute Gasteiger partial charge is 0.490 e. The van der Waals surface area contributed by atoms with Crippen LogP contribution in [0.1, 0.15) is 47.5 Å². The lowest BCUT2D eigenvalue weighted by molar-refractivity contribution is -0.133. The summed E-state index contributed by atoms with van der Waals surface area (Å²) in [6.45, 7) is 10.1. The highest BCUT2D eigenvalue weighted by atomic mass is 16.5. The van der Waals surface area contributed by atoms with Gasteiger partial charge in [-0.1, -0.05) is 13.8 Å². The van der Waals surface area contributed by atoms with Crippen LogP contribution in [-0.4, -0.2) is 48.0 Å². The molecule has 160 valence electrons. The van der Waals surface area contributed by atoms with E-state index in [1.165, 1.54) is 0 Å². The number of hydrogen-bond donors (Lipinski definition) is 2. The quantitative estimate of drug-likeness (QED) is 0.583. The lowest BCUT2D eigenvalue weighted by Gasteiger charge is -2.22. The fourth-order valence-corrected chi connectivity index (χ4v) is 3.11. The van der Waals surface area contributed by atoms with E-state index in [1.54, 1.807) is 25.1 Å². The molecule has 4 amide bonds. The molecule has 8 heteroatoms. The Morgan fingerprint density at radius 2 is 1.83 bits per heavy atom. The molecule has 1 heterocycles. The van der Waals surface area contributed by atoms with Crippen LogP contribution >= 0.6 is 0 Å². The van der Waals surface area contributed by atoms with E-state index in [0.29, 0.717) is 42.7 Å². The second-order valence-electron chi connectivity index (χ2n) is 7.66. The van der Waals surface area contributed by atoms with Crippen molar-refractivity contribution in [3.8, 4) is 11.5 Å². The average Bonchev–Trinajstić information content (AvgIpc) is 2.86. The summed E-state index contributed by atoms with van der Waals surface area (Å²) in [5, 5.41) is 5.43. The van der Waals surface area contributed by atoms with Gasteiger partial charge in [0.15, 0.2) is 11.5 Å². The molecule has 0 aliphatic carbocycles. The number of nitrogens with zero attached hydrogens (tertiary/aromatic N) is 1. The molecule has 1 saturated heterocycles. The average molecular weight is 405 g/mol.